The van der Waals surface area contributed by atoms with Gasteiger partial charge in [-0.05, 0) is 37.2 Å². The maximum atomic E-state index is 11.6. The second kappa shape index (κ2) is 7.09. The summed E-state index contributed by atoms with van der Waals surface area (Å²) in [5.74, 6) is -0.694. The number of aryl methyl sites for hydroxylation is 1. The first kappa shape index (κ1) is 14.8. The standard InChI is InChI=1S/C20H17ClN4O3/c1-11-23-24-20-16(10-18(26)27)22-19(12-3-5-13(21)6-4-12)15-9-14(28-2)7-8-17(15)25(11)20/h3-9,16H,10H2,1-2H3,(H,26,27)/t16-/m0/s1/i1D3. The highest BCUT2D eigenvalue weighted by atomic mass is 35.5. The van der Waals surface area contributed by atoms with Crippen LogP contribution in [0.5, 0.6) is 5.75 Å². The number of hydrogen-bond acceptors (Lipinski definition) is 5. The Kier molecular flexibility index (Phi) is 3.75. The van der Waals surface area contributed by atoms with Crippen LogP contribution in [0.2, 0.25) is 5.02 Å². The minimum Gasteiger partial charge on any atom is -0.497 e. The number of hydrogen-bond donors (Lipinski definition) is 1. The number of fused-ring (bicyclic) bond motifs is 3. The van der Waals surface area contributed by atoms with E-state index in [1.165, 1.54) is 11.7 Å². The van der Waals surface area contributed by atoms with Crippen LogP contribution in [0.1, 0.15) is 39.4 Å². The molecule has 1 atom stereocenters. The minimum atomic E-state index is -2.57. The summed E-state index contributed by atoms with van der Waals surface area (Å²) in [6.45, 7) is -2.57. The van der Waals surface area contributed by atoms with Gasteiger partial charge in [0.1, 0.15) is 17.6 Å². The van der Waals surface area contributed by atoms with Crippen molar-refractivity contribution in [2.24, 2.45) is 4.99 Å². The molecule has 2 heterocycles. The number of aromatic nitrogens is 3. The van der Waals surface area contributed by atoms with Crippen LogP contribution in [-0.4, -0.2) is 38.7 Å². The summed E-state index contributed by atoms with van der Waals surface area (Å²) in [5.41, 5.74) is 2.18. The third-order valence-corrected chi connectivity index (χ3v) is 4.71. The second-order valence-corrected chi connectivity index (χ2v) is 6.63. The first-order valence-electron chi connectivity index (χ1n) is 9.89. The van der Waals surface area contributed by atoms with Crippen LogP contribution in [0.15, 0.2) is 47.5 Å². The van der Waals surface area contributed by atoms with Gasteiger partial charge in [-0.25, -0.2) is 0 Å². The molecule has 0 spiro atoms. The molecule has 1 aromatic heterocycles. The molecule has 4 rings (SSSR count). The summed E-state index contributed by atoms with van der Waals surface area (Å²) >= 11 is 6.03. The number of nitrogens with zero attached hydrogens (tertiary/aromatic N) is 4. The monoisotopic (exact) mass is 399 g/mol. The number of benzene rings is 2. The molecule has 8 heteroatoms. The van der Waals surface area contributed by atoms with E-state index in [9.17, 15) is 9.90 Å². The lowest BCUT2D eigenvalue weighted by Gasteiger charge is -2.14. The Morgan fingerprint density at radius 3 is 2.75 bits per heavy atom. The van der Waals surface area contributed by atoms with E-state index < -0.39 is 18.9 Å². The minimum absolute atomic E-state index is 0.143. The Balaban J connectivity index is 2.06. The average Bonchev–Trinajstić information content (AvgIpc) is 3.12. The van der Waals surface area contributed by atoms with Gasteiger partial charge in [-0.15, -0.1) is 10.2 Å². The molecule has 0 bridgehead atoms. The van der Waals surface area contributed by atoms with Crippen molar-refractivity contribution in [3.05, 3.63) is 70.3 Å². The van der Waals surface area contributed by atoms with Gasteiger partial charge in [-0.3, -0.25) is 14.4 Å². The third kappa shape index (κ3) is 3.14. The molecular formula is C20H17ClN4O3. The lowest BCUT2D eigenvalue weighted by molar-refractivity contribution is -0.137. The maximum absolute atomic E-state index is 11.6. The lowest BCUT2D eigenvalue weighted by Crippen LogP contribution is -2.10. The van der Waals surface area contributed by atoms with Gasteiger partial charge in [0.2, 0.25) is 0 Å². The number of aliphatic carboxylic acids is 1. The molecule has 3 aromatic rings. The Labute approximate surface area is 170 Å². The number of rotatable bonds is 4. The molecule has 1 N–H and O–H groups in total. The van der Waals surface area contributed by atoms with Crippen molar-refractivity contribution in [1.82, 2.24) is 14.8 Å². The van der Waals surface area contributed by atoms with Gasteiger partial charge in [-0.2, -0.15) is 0 Å². The Bertz CT molecular complexity index is 1190. The summed E-state index contributed by atoms with van der Waals surface area (Å²) in [4.78, 5) is 16.3. The van der Waals surface area contributed by atoms with E-state index in [1.54, 1.807) is 42.5 Å². The fourth-order valence-corrected chi connectivity index (χ4v) is 3.33. The van der Waals surface area contributed by atoms with Crippen molar-refractivity contribution in [1.29, 1.82) is 0 Å². The number of halogens is 1. The molecule has 2 aromatic carbocycles. The molecule has 0 radical (unpaired) electrons. The molecule has 0 fully saturated rings. The van der Waals surface area contributed by atoms with Gasteiger partial charge in [0.15, 0.2) is 5.82 Å². The maximum Gasteiger partial charge on any atom is 0.306 e. The summed E-state index contributed by atoms with van der Waals surface area (Å²) < 4.78 is 30.4. The SMILES string of the molecule is [2H]C([2H])([2H])c1nnc2n1-c1ccc(OC)cc1C(c1ccc(Cl)cc1)=N[C@H]2CC(=O)O. The summed E-state index contributed by atoms with van der Waals surface area (Å²) in [6.07, 6.45) is -0.388. The van der Waals surface area contributed by atoms with Crippen LogP contribution >= 0.6 is 11.6 Å². The van der Waals surface area contributed by atoms with Crippen molar-refractivity contribution >= 4 is 23.3 Å². The highest BCUT2D eigenvalue weighted by Gasteiger charge is 2.29. The number of ether oxygens (including phenoxy) is 1. The summed E-state index contributed by atoms with van der Waals surface area (Å²) in [7, 11) is 1.52. The Hall–Kier alpha value is -3.19. The van der Waals surface area contributed by atoms with Crippen molar-refractivity contribution in [3.63, 3.8) is 0 Å². The predicted molar refractivity (Wildman–Crippen MR) is 105 cm³/mol. The van der Waals surface area contributed by atoms with Gasteiger partial charge in [-0.1, -0.05) is 23.7 Å². The molecular weight excluding hydrogens is 380 g/mol. The molecule has 142 valence electrons. The van der Waals surface area contributed by atoms with Crippen molar-refractivity contribution in [2.45, 2.75) is 19.3 Å². The predicted octanol–water partition coefficient (Wildman–Crippen LogP) is 3.60. The number of methoxy groups -OCH3 is 1. The number of carboxylic acids is 1. The molecule has 7 nitrogen and oxygen atoms in total. The normalized spacial score (nSPS) is 17.3. The average molecular weight is 400 g/mol. The van der Waals surface area contributed by atoms with E-state index in [2.05, 4.69) is 10.2 Å². The van der Waals surface area contributed by atoms with Crippen molar-refractivity contribution in [2.75, 3.05) is 7.11 Å². The largest absolute Gasteiger partial charge is 0.497 e. The van der Waals surface area contributed by atoms with Crippen LogP contribution in [0.3, 0.4) is 0 Å². The second-order valence-electron chi connectivity index (χ2n) is 6.20. The number of carboxylic acid groups (broad SMARTS) is 1. The van der Waals surface area contributed by atoms with E-state index in [1.807, 2.05) is 0 Å². The molecule has 1 aliphatic heterocycles. The Morgan fingerprint density at radius 1 is 1.29 bits per heavy atom. The van der Waals surface area contributed by atoms with Crippen molar-refractivity contribution in [3.8, 4) is 11.4 Å². The van der Waals surface area contributed by atoms with E-state index in [-0.39, 0.29) is 18.1 Å². The van der Waals surface area contributed by atoms with Gasteiger partial charge in [0, 0.05) is 20.3 Å². The van der Waals surface area contributed by atoms with Gasteiger partial charge in [0.05, 0.1) is 24.9 Å². The molecule has 0 saturated carbocycles. The molecule has 0 saturated heterocycles. The van der Waals surface area contributed by atoms with Gasteiger partial charge >= 0.3 is 5.97 Å². The van der Waals surface area contributed by atoms with E-state index in [0.717, 1.165) is 0 Å². The molecule has 0 aliphatic carbocycles. The zero-order chi connectivity index (χ0) is 22.3. The highest BCUT2D eigenvalue weighted by molar-refractivity contribution is 6.30. The quantitative estimate of drug-likeness (QED) is 0.723. The van der Waals surface area contributed by atoms with Crippen LogP contribution in [0.25, 0.3) is 5.69 Å². The number of aliphatic imine (C=N–C) groups is 1. The van der Waals surface area contributed by atoms with Crippen LogP contribution in [-0.2, 0) is 4.79 Å². The molecule has 28 heavy (non-hydrogen) atoms. The van der Waals surface area contributed by atoms with E-state index in [4.69, 9.17) is 25.4 Å². The van der Waals surface area contributed by atoms with E-state index >= 15 is 0 Å². The summed E-state index contributed by atoms with van der Waals surface area (Å²) in [5, 5.41) is 17.9. The van der Waals surface area contributed by atoms with Gasteiger partial charge in [0.25, 0.3) is 0 Å². The third-order valence-electron chi connectivity index (χ3n) is 4.46. The topological polar surface area (TPSA) is 89.6 Å². The molecule has 0 unspecified atom stereocenters. The molecule has 1 aliphatic rings. The van der Waals surface area contributed by atoms with Crippen molar-refractivity contribution < 1.29 is 18.8 Å². The highest BCUT2D eigenvalue weighted by Crippen LogP contribution is 2.34. The van der Waals surface area contributed by atoms with Crippen LogP contribution in [0.4, 0.5) is 0 Å². The fourth-order valence-electron chi connectivity index (χ4n) is 3.20. The summed E-state index contributed by atoms with van der Waals surface area (Å²) in [6, 6.07) is 11.1. The Morgan fingerprint density at radius 2 is 2.07 bits per heavy atom. The molecule has 0 amide bonds. The lowest BCUT2D eigenvalue weighted by atomic mass is 10.00. The van der Waals surface area contributed by atoms with Crippen LogP contribution < -0.4 is 4.74 Å². The zero-order valence-corrected chi connectivity index (χ0v) is 15.5. The van der Waals surface area contributed by atoms with E-state index in [0.29, 0.717) is 33.3 Å². The number of carbonyl (C=O) groups is 1. The first-order valence-corrected chi connectivity index (χ1v) is 8.77. The smallest absolute Gasteiger partial charge is 0.306 e. The first-order chi connectivity index (χ1) is 14.7. The van der Waals surface area contributed by atoms with Gasteiger partial charge < -0.3 is 9.84 Å². The fraction of sp³-hybridized carbons (Fsp3) is 0.200. The zero-order valence-electron chi connectivity index (χ0n) is 17.8. The van der Waals surface area contributed by atoms with Crippen LogP contribution in [0, 0.1) is 6.85 Å².